The maximum absolute atomic E-state index is 12.9. The average molecular weight is 505 g/mol. The Hall–Kier alpha value is -0.290. The fourth-order valence-electron chi connectivity index (χ4n) is 3.89. The molecule has 0 fully saturated rings. The van der Waals surface area contributed by atoms with Crippen LogP contribution in [0.25, 0.3) is 17.0 Å². The minimum atomic E-state index is -5.52. The topological polar surface area (TPSA) is 108 Å². The summed E-state index contributed by atoms with van der Waals surface area (Å²) in [4.78, 5) is 22.6. The van der Waals surface area contributed by atoms with Crippen molar-refractivity contribution in [3.8, 4) is 17.0 Å². The van der Waals surface area contributed by atoms with Gasteiger partial charge in [0.25, 0.3) is 0 Å². The van der Waals surface area contributed by atoms with E-state index >= 15 is 0 Å². The molecule has 0 saturated carbocycles. The van der Waals surface area contributed by atoms with Crippen LogP contribution in [0, 0.1) is 10.8 Å². The Balaban J connectivity index is 0.00000272. The van der Waals surface area contributed by atoms with Crippen molar-refractivity contribution in [1.82, 2.24) is 5.16 Å². The summed E-state index contributed by atoms with van der Waals surface area (Å²) < 4.78 is 64.6. The van der Waals surface area contributed by atoms with Crippen LogP contribution in [0.2, 0.25) is 0 Å². The first-order valence-corrected chi connectivity index (χ1v) is 10.7. The summed E-state index contributed by atoms with van der Waals surface area (Å²) in [5.41, 5.74) is 0.293. The molecule has 0 amide bonds. The number of hydrogen-bond donors (Lipinski definition) is 0. The van der Waals surface area contributed by atoms with Crippen LogP contribution in [-0.2, 0) is 15.5 Å². The zero-order valence-corrected chi connectivity index (χ0v) is 24.4. The first-order chi connectivity index (χ1) is 14.0. The quantitative estimate of drug-likeness (QED) is 0.364. The number of hydrogen-bond acceptors (Lipinski definition) is 7. The van der Waals surface area contributed by atoms with Crippen molar-refractivity contribution in [3.05, 3.63) is 41.2 Å². The fourth-order valence-corrected chi connectivity index (χ4v) is 4.29. The third-order valence-corrected chi connectivity index (χ3v) is 5.17. The molecule has 0 atom stereocenters. The molecule has 0 bridgehead atoms. The van der Waals surface area contributed by atoms with Crippen LogP contribution in [0.4, 0.5) is 13.2 Å². The van der Waals surface area contributed by atoms with Gasteiger partial charge in [-0.05, 0) is 23.1 Å². The van der Waals surface area contributed by atoms with Crippen molar-refractivity contribution >= 4 is 13.6 Å². The van der Waals surface area contributed by atoms with Gasteiger partial charge in [0.15, 0.2) is 0 Å². The Bertz CT molecular complexity index is 1090. The standard InChI is InChI=1S/C20H23F3NO6P.2Na/c1-18(2,3)17-16(28-10-19(17,4)5)11-6-7-12(14(8-11)30-31(25,26)27)13-9-15(29-24-13)20(21,22)23;;/h6-9H,10H2,1-5H3,(H2,25,26,27);;/q;2*+1/p-2. The predicted octanol–water partition coefficient (Wildman–Crippen LogP) is -1.61. The van der Waals surface area contributed by atoms with Crippen molar-refractivity contribution in [3.63, 3.8) is 0 Å². The maximum atomic E-state index is 12.9. The van der Waals surface area contributed by atoms with E-state index in [0.717, 1.165) is 5.57 Å². The van der Waals surface area contributed by atoms with Crippen LogP contribution in [0.1, 0.15) is 45.9 Å². The monoisotopic (exact) mass is 505 g/mol. The minimum absolute atomic E-state index is 0. The third-order valence-electron chi connectivity index (χ3n) is 4.75. The fraction of sp³-hybridized carbons (Fsp3) is 0.450. The van der Waals surface area contributed by atoms with Gasteiger partial charge in [-0.1, -0.05) is 45.8 Å². The maximum Gasteiger partial charge on any atom is 1.00 e. The molecule has 7 nitrogen and oxygen atoms in total. The van der Waals surface area contributed by atoms with Gasteiger partial charge in [-0.15, -0.1) is 0 Å². The Morgan fingerprint density at radius 2 is 1.73 bits per heavy atom. The zero-order chi connectivity index (χ0) is 23.4. The molecule has 1 aromatic heterocycles. The summed E-state index contributed by atoms with van der Waals surface area (Å²) in [6.07, 6.45) is -4.78. The van der Waals surface area contributed by atoms with Gasteiger partial charge in [0.05, 0.1) is 6.61 Å². The number of halogens is 3. The second-order valence-corrected chi connectivity index (χ2v) is 10.0. The van der Waals surface area contributed by atoms with E-state index in [9.17, 15) is 27.5 Å². The van der Waals surface area contributed by atoms with Crippen LogP contribution in [0.15, 0.2) is 34.4 Å². The molecule has 2 heterocycles. The number of rotatable bonds is 4. The molecule has 1 aliphatic rings. The number of phosphoric ester groups is 1. The molecule has 33 heavy (non-hydrogen) atoms. The van der Waals surface area contributed by atoms with Crippen LogP contribution < -0.4 is 73.4 Å². The second kappa shape index (κ2) is 10.4. The molecule has 1 aromatic carbocycles. The van der Waals surface area contributed by atoms with Crippen molar-refractivity contribution < 1.29 is 100 Å². The van der Waals surface area contributed by atoms with Gasteiger partial charge in [0.2, 0.25) is 5.76 Å². The van der Waals surface area contributed by atoms with Crippen molar-refractivity contribution in [2.24, 2.45) is 10.8 Å². The van der Waals surface area contributed by atoms with Crippen LogP contribution in [0.3, 0.4) is 0 Å². The summed E-state index contributed by atoms with van der Waals surface area (Å²) in [6.45, 7) is 10.4. The molecular formula is C20H21F3NNa2O6P. The summed E-state index contributed by atoms with van der Waals surface area (Å²) in [5.74, 6) is -1.35. The summed E-state index contributed by atoms with van der Waals surface area (Å²) in [5, 5.41) is 3.34. The minimum Gasteiger partial charge on any atom is -0.780 e. The van der Waals surface area contributed by atoms with E-state index in [1.165, 1.54) is 18.2 Å². The van der Waals surface area contributed by atoms with Gasteiger partial charge in [-0.25, -0.2) is 0 Å². The van der Waals surface area contributed by atoms with E-state index in [1.54, 1.807) is 0 Å². The second-order valence-electron chi connectivity index (χ2n) is 8.95. The molecule has 0 aliphatic carbocycles. The van der Waals surface area contributed by atoms with Crippen molar-refractivity contribution in [2.45, 2.75) is 40.8 Å². The molecule has 1 aliphatic heterocycles. The molecule has 2 aromatic rings. The summed E-state index contributed by atoms with van der Waals surface area (Å²) in [7, 11) is -5.52. The number of nitrogens with zero attached hydrogens (tertiary/aromatic N) is 1. The van der Waals surface area contributed by atoms with E-state index in [0.29, 0.717) is 24.0 Å². The van der Waals surface area contributed by atoms with Gasteiger partial charge in [-0.3, -0.25) is 0 Å². The number of alkyl halides is 3. The van der Waals surface area contributed by atoms with Gasteiger partial charge in [0.1, 0.15) is 25.0 Å². The molecule has 0 spiro atoms. The van der Waals surface area contributed by atoms with Crippen LogP contribution in [-0.4, -0.2) is 11.8 Å². The smallest absolute Gasteiger partial charge is 0.780 e. The molecule has 3 rings (SSSR count). The van der Waals surface area contributed by atoms with E-state index < -0.39 is 25.5 Å². The first-order valence-electron chi connectivity index (χ1n) is 9.27. The predicted molar refractivity (Wildman–Crippen MR) is 101 cm³/mol. The molecular weight excluding hydrogens is 484 g/mol. The number of phosphoric acid groups is 1. The SMILES string of the molecule is CC(C)(C)C1=C(c2ccc(-c3cc(C(F)(F)F)on3)c(OP(=O)([O-])[O-])c2)OCC1(C)C.[Na+].[Na+]. The molecule has 0 N–H and O–H groups in total. The Morgan fingerprint density at radius 1 is 1.12 bits per heavy atom. The van der Waals surface area contributed by atoms with E-state index in [4.69, 9.17) is 4.74 Å². The summed E-state index contributed by atoms with van der Waals surface area (Å²) in [6, 6.07) is 4.67. The van der Waals surface area contributed by atoms with E-state index in [-0.39, 0.29) is 81.2 Å². The van der Waals surface area contributed by atoms with Crippen molar-refractivity contribution in [1.29, 1.82) is 0 Å². The molecule has 13 heteroatoms. The summed E-state index contributed by atoms with van der Waals surface area (Å²) >= 11 is 0. The van der Waals surface area contributed by atoms with Gasteiger partial charge >= 0.3 is 65.3 Å². The number of aromatic nitrogens is 1. The Labute approximate surface area is 233 Å². The molecule has 0 saturated heterocycles. The molecule has 0 radical (unpaired) electrons. The van der Waals surface area contributed by atoms with Crippen LogP contribution in [0.5, 0.6) is 5.75 Å². The van der Waals surface area contributed by atoms with Crippen molar-refractivity contribution in [2.75, 3.05) is 6.61 Å². The van der Waals surface area contributed by atoms with Crippen LogP contribution >= 0.6 is 7.82 Å². The molecule has 0 unspecified atom stereocenters. The molecule has 170 valence electrons. The Morgan fingerprint density at radius 3 is 2.21 bits per heavy atom. The largest absolute Gasteiger partial charge is 1.00 e. The zero-order valence-electron chi connectivity index (χ0n) is 19.5. The third kappa shape index (κ3) is 7.12. The van der Waals surface area contributed by atoms with Gasteiger partial charge < -0.3 is 28.1 Å². The Kier molecular flexibility index (Phi) is 9.66. The van der Waals surface area contributed by atoms with Gasteiger partial charge in [-0.2, -0.15) is 13.2 Å². The number of ether oxygens (including phenoxy) is 1. The normalized spacial score (nSPS) is 16.1. The first kappa shape index (κ1) is 30.7. The average Bonchev–Trinajstić information content (AvgIpc) is 3.16. The van der Waals surface area contributed by atoms with Gasteiger partial charge in [0, 0.05) is 22.6 Å². The van der Waals surface area contributed by atoms with E-state index in [1.807, 2.05) is 34.6 Å². The van der Waals surface area contributed by atoms with E-state index in [2.05, 4.69) is 14.2 Å². The number of benzene rings is 1.